The molecule has 154 valence electrons. The number of pyridine rings is 1. The van der Waals surface area contributed by atoms with E-state index in [2.05, 4.69) is 4.98 Å². The fraction of sp³-hybridized carbons (Fsp3) is 0.360. The van der Waals surface area contributed by atoms with Gasteiger partial charge < -0.3 is 0 Å². The maximum Gasteiger partial charge on any atom is 0.142 e. The fourth-order valence-electron chi connectivity index (χ4n) is 5.33. The predicted molar refractivity (Wildman–Crippen MR) is 114 cm³/mol. The first-order chi connectivity index (χ1) is 14.4. The molecule has 0 aliphatic heterocycles. The van der Waals surface area contributed by atoms with E-state index in [4.69, 9.17) is 11.6 Å². The molecule has 30 heavy (non-hydrogen) atoms. The van der Waals surface area contributed by atoms with Crippen molar-refractivity contribution < 1.29 is 13.6 Å². The van der Waals surface area contributed by atoms with Gasteiger partial charge in [0.25, 0.3) is 0 Å². The van der Waals surface area contributed by atoms with Crippen molar-refractivity contribution in [1.82, 2.24) is 4.98 Å². The molecular formula is C25H22ClF2NO. The van der Waals surface area contributed by atoms with Gasteiger partial charge in [0, 0.05) is 23.9 Å². The Hall–Kier alpha value is -2.33. The first-order valence-corrected chi connectivity index (χ1v) is 10.8. The van der Waals surface area contributed by atoms with Crippen molar-refractivity contribution in [2.45, 2.75) is 44.4 Å². The van der Waals surface area contributed by atoms with Gasteiger partial charge in [0.2, 0.25) is 0 Å². The van der Waals surface area contributed by atoms with Crippen molar-refractivity contribution in [2.75, 3.05) is 0 Å². The number of ketones is 1. The first-order valence-electron chi connectivity index (χ1n) is 10.5. The van der Waals surface area contributed by atoms with Crippen LogP contribution in [0.1, 0.15) is 49.1 Å². The summed E-state index contributed by atoms with van der Waals surface area (Å²) in [5, 5.41) is 0.975. The lowest BCUT2D eigenvalue weighted by molar-refractivity contribution is -0.120. The molecule has 3 aromatic rings. The largest absolute Gasteiger partial charge is 0.299 e. The van der Waals surface area contributed by atoms with Gasteiger partial charge in [0.05, 0.1) is 10.5 Å². The van der Waals surface area contributed by atoms with E-state index in [0.717, 1.165) is 48.6 Å². The van der Waals surface area contributed by atoms with Crippen LogP contribution in [0.15, 0.2) is 48.7 Å². The third-order valence-electron chi connectivity index (χ3n) is 7.10. The van der Waals surface area contributed by atoms with Gasteiger partial charge in [-0.05, 0) is 91.0 Å². The second kappa shape index (κ2) is 7.42. The number of rotatable bonds is 4. The number of carbonyl (C=O) groups is 1. The molecule has 0 saturated heterocycles. The average Bonchev–Trinajstić information content (AvgIpc) is 3.44. The smallest absolute Gasteiger partial charge is 0.142 e. The topological polar surface area (TPSA) is 30.0 Å². The summed E-state index contributed by atoms with van der Waals surface area (Å²) >= 11 is 5.73. The van der Waals surface area contributed by atoms with Gasteiger partial charge in [-0.25, -0.2) is 8.78 Å². The quantitative estimate of drug-likeness (QED) is 0.468. The number of Topliss-reactive ketones (excluding diaryl/α,β-unsaturated/α-hetero) is 1. The summed E-state index contributed by atoms with van der Waals surface area (Å²) in [5.74, 6) is -0.0791. The van der Waals surface area contributed by atoms with Gasteiger partial charge in [0.1, 0.15) is 17.4 Å². The highest BCUT2D eigenvalue weighted by Crippen LogP contribution is 2.63. The van der Waals surface area contributed by atoms with Crippen LogP contribution in [0.2, 0.25) is 5.02 Å². The normalized spacial score (nSPS) is 25.6. The molecule has 1 atom stereocenters. The van der Waals surface area contributed by atoms with Crippen molar-refractivity contribution in [3.63, 3.8) is 0 Å². The number of hydrogen-bond donors (Lipinski definition) is 0. The minimum Gasteiger partial charge on any atom is -0.299 e. The zero-order valence-electron chi connectivity index (χ0n) is 16.5. The molecule has 5 heteroatoms. The van der Waals surface area contributed by atoms with Crippen molar-refractivity contribution in [3.05, 3.63) is 76.4 Å². The minimum atomic E-state index is -0.478. The van der Waals surface area contributed by atoms with Crippen LogP contribution in [-0.2, 0) is 11.2 Å². The Morgan fingerprint density at radius 2 is 1.90 bits per heavy atom. The average molecular weight is 426 g/mol. The molecule has 2 aliphatic carbocycles. The summed E-state index contributed by atoms with van der Waals surface area (Å²) in [6, 6.07) is 11.4. The van der Waals surface area contributed by atoms with Crippen LogP contribution in [0.5, 0.6) is 0 Å². The number of aromatic nitrogens is 1. The molecule has 2 nitrogen and oxygen atoms in total. The molecule has 0 radical (unpaired) electrons. The molecule has 2 saturated carbocycles. The molecule has 1 heterocycles. The number of carbonyl (C=O) groups excluding carboxylic acids is 1. The Morgan fingerprint density at radius 1 is 1.10 bits per heavy atom. The van der Waals surface area contributed by atoms with Crippen molar-refractivity contribution in [3.8, 4) is 0 Å². The lowest BCUT2D eigenvalue weighted by Crippen LogP contribution is -2.20. The summed E-state index contributed by atoms with van der Waals surface area (Å²) in [6.45, 7) is 0. The Bertz CT molecular complexity index is 1140. The summed E-state index contributed by atoms with van der Waals surface area (Å²) in [6.07, 6.45) is 6.99. The summed E-state index contributed by atoms with van der Waals surface area (Å²) in [7, 11) is 0. The lowest BCUT2D eigenvalue weighted by Gasteiger charge is -2.30. The molecule has 2 aliphatic rings. The highest BCUT2D eigenvalue weighted by atomic mass is 35.5. The third kappa shape index (κ3) is 3.51. The van der Waals surface area contributed by atoms with Crippen LogP contribution in [-0.4, -0.2) is 10.8 Å². The molecule has 0 bridgehead atoms. The van der Waals surface area contributed by atoms with E-state index < -0.39 is 5.82 Å². The van der Waals surface area contributed by atoms with Gasteiger partial charge in [-0.1, -0.05) is 17.7 Å². The second-order valence-electron chi connectivity index (χ2n) is 8.85. The third-order valence-corrected chi connectivity index (χ3v) is 7.41. The van der Waals surface area contributed by atoms with Gasteiger partial charge in [-0.15, -0.1) is 0 Å². The van der Waals surface area contributed by atoms with Gasteiger partial charge in [-0.2, -0.15) is 0 Å². The SMILES string of the molecule is O=C(Cc1ccc(Cl)c(F)c1)[C@H]1CC12CCC(c1ccnc3ccc(F)cc13)CC2. The van der Waals surface area contributed by atoms with E-state index in [1.54, 1.807) is 24.4 Å². The monoisotopic (exact) mass is 425 g/mol. The fourth-order valence-corrected chi connectivity index (χ4v) is 5.45. The maximum atomic E-state index is 13.8. The van der Waals surface area contributed by atoms with Crippen molar-refractivity contribution >= 4 is 28.3 Å². The summed E-state index contributed by atoms with van der Waals surface area (Å²) in [4.78, 5) is 17.2. The molecular weight excluding hydrogens is 404 g/mol. The molecule has 2 aromatic carbocycles. The zero-order valence-corrected chi connectivity index (χ0v) is 17.3. The van der Waals surface area contributed by atoms with Crippen LogP contribution in [0.3, 0.4) is 0 Å². The van der Waals surface area contributed by atoms with Gasteiger partial charge >= 0.3 is 0 Å². The number of hydrogen-bond acceptors (Lipinski definition) is 2. The van der Waals surface area contributed by atoms with E-state index in [1.807, 2.05) is 6.07 Å². The second-order valence-corrected chi connectivity index (χ2v) is 9.25. The van der Waals surface area contributed by atoms with E-state index in [1.165, 1.54) is 18.2 Å². The summed E-state index contributed by atoms with van der Waals surface area (Å²) < 4.78 is 27.5. The Morgan fingerprint density at radius 3 is 2.67 bits per heavy atom. The van der Waals surface area contributed by atoms with Crippen LogP contribution in [0.25, 0.3) is 10.9 Å². The molecule has 5 rings (SSSR count). The predicted octanol–water partition coefficient (Wildman–Crippen LogP) is 6.64. The molecule has 2 fully saturated rings. The Balaban J connectivity index is 1.26. The van der Waals surface area contributed by atoms with Gasteiger partial charge in [-0.3, -0.25) is 9.78 Å². The number of halogens is 3. The standard InChI is InChI=1S/C25H22ClF2NO/c26-21-3-1-15(11-22(21)28)12-24(30)20-14-25(20)8-5-16(6-9-25)18-7-10-29-23-4-2-17(27)13-19(18)23/h1-4,7,10-11,13,16,20H,5-6,8-9,12,14H2/t16?,20-,25?/m1/s1. The first kappa shape index (κ1) is 19.6. The maximum absolute atomic E-state index is 13.8. The Kier molecular flexibility index (Phi) is 4.85. The molecule has 0 unspecified atom stereocenters. The van der Waals surface area contributed by atoms with Crippen LogP contribution in [0.4, 0.5) is 8.78 Å². The van der Waals surface area contributed by atoms with E-state index in [0.29, 0.717) is 11.5 Å². The number of nitrogens with zero attached hydrogens (tertiary/aromatic N) is 1. The summed E-state index contributed by atoms with van der Waals surface area (Å²) in [5.41, 5.74) is 2.77. The molecule has 0 amide bonds. The van der Waals surface area contributed by atoms with Crippen molar-refractivity contribution in [1.29, 1.82) is 0 Å². The van der Waals surface area contributed by atoms with Crippen molar-refractivity contribution in [2.24, 2.45) is 11.3 Å². The van der Waals surface area contributed by atoms with E-state index in [9.17, 15) is 13.6 Å². The molecule has 0 N–H and O–H groups in total. The van der Waals surface area contributed by atoms with Crippen LogP contribution >= 0.6 is 11.6 Å². The highest BCUT2D eigenvalue weighted by Gasteiger charge is 2.57. The zero-order chi connectivity index (χ0) is 20.9. The highest BCUT2D eigenvalue weighted by molar-refractivity contribution is 6.30. The van der Waals surface area contributed by atoms with Gasteiger partial charge in [0.15, 0.2) is 0 Å². The lowest BCUT2D eigenvalue weighted by atomic mass is 9.74. The minimum absolute atomic E-state index is 0.0730. The molecule has 1 aromatic heterocycles. The Labute approximate surface area is 179 Å². The van der Waals surface area contributed by atoms with E-state index >= 15 is 0 Å². The number of benzene rings is 2. The van der Waals surface area contributed by atoms with Crippen LogP contribution in [0, 0.1) is 23.0 Å². The number of fused-ring (bicyclic) bond motifs is 1. The van der Waals surface area contributed by atoms with Crippen LogP contribution < -0.4 is 0 Å². The van der Waals surface area contributed by atoms with E-state index in [-0.39, 0.29) is 34.4 Å². The molecule has 1 spiro atoms.